The van der Waals surface area contributed by atoms with Gasteiger partial charge in [0, 0.05) is 32.4 Å². The summed E-state index contributed by atoms with van der Waals surface area (Å²) in [6.45, 7) is 4.85. The Morgan fingerprint density at radius 1 is 1.45 bits per heavy atom. The topological polar surface area (TPSA) is 62.5 Å². The Hall–Kier alpha value is -1.33. The van der Waals surface area contributed by atoms with Gasteiger partial charge in [-0.1, -0.05) is 24.9 Å². The molecule has 6 heteroatoms. The smallest absolute Gasteiger partial charge is 0.239 e. The van der Waals surface area contributed by atoms with E-state index in [4.69, 9.17) is 17.3 Å². The number of pyridine rings is 1. The number of rotatable bonds is 4. The molecule has 0 saturated carbocycles. The third kappa shape index (κ3) is 3.41. The summed E-state index contributed by atoms with van der Waals surface area (Å²) in [6, 6.07) is 3.28. The molecule has 0 radical (unpaired) electrons. The van der Waals surface area contributed by atoms with E-state index in [1.54, 1.807) is 6.20 Å². The Morgan fingerprint density at radius 2 is 2.15 bits per heavy atom. The lowest BCUT2D eigenvalue weighted by Crippen LogP contribution is -2.53. The number of nitrogens with zero attached hydrogens (tertiary/aromatic N) is 3. The molecule has 20 heavy (non-hydrogen) atoms. The highest BCUT2D eigenvalue weighted by Gasteiger charge is 2.25. The SMILES string of the molecule is CCCC(N)C(=O)N1CCN(c2ncccc2Cl)CC1. The summed E-state index contributed by atoms with van der Waals surface area (Å²) in [5, 5.41) is 0.648. The van der Waals surface area contributed by atoms with E-state index in [1.165, 1.54) is 0 Å². The fourth-order valence-corrected chi connectivity index (χ4v) is 2.66. The number of amides is 1. The van der Waals surface area contributed by atoms with Gasteiger partial charge >= 0.3 is 0 Å². The fourth-order valence-electron chi connectivity index (χ4n) is 2.42. The molecule has 2 rings (SSSR count). The van der Waals surface area contributed by atoms with Gasteiger partial charge in [-0.05, 0) is 18.6 Å². The van der Waals surface area contributed by atoms with Crippen LogP contribution in [0.3, 0.4) is 0 Å². The molecular formula is C14H21ClN4O. The number of anilines is 1. The highest BCUT2D eigenvalue weighted by Crippen LogP contribution is 2.23. The van der Waals surface area contributed by atoms with E-state index >= 15 is 0 Å². The first-order valence-electron chi connectivity index (χ1n) is 7.03. The zero-order valence-electron chi connectivity index (χ0n) is 11.8. The van der Waals surface area contributed by atoms with Gasteiger partial charge in [0.1, 0.15) is 5.82 Å². The number of carbonyl (C=O) groups is 1. The van der Waals surface area contributed by atoms with Gasteiger partial charge in [0.25, 0.3) is 0 Å². The van der Waals surface area contributed by atoms with Crippen molar-refractivity contribution in [2.24, 2.45) is 5.73 Å². The molecule has 0 aromatic carbocycles. The molecule has 1 aromatic heterocycles. The van der Waals surface area contributed by atoms with Gasteiger partial charge in [0.05, 0.1) is 11.1 Å². The van der Waals surface area contributed by atoms with Gasteiger partial charge in [-0.25, -0.2) is 4.98 Å². The van der Waals surface area contributed by atoms with Crippen LogP contribution < -0.4 is 10.6 Å². The first-order valence-corrected chi connectivity index (χ1v) is 7.41. The Labute approximate surface area is 124 Å². The zero-order valence-corrected chi connectivity index (χ0v) is 12.5. The second-order valence-corrected chi connectivity index (χ2v) is 5.42. The third-order valence-electron chi connectivity index (χ3n) is 3.55. The zero-order chi connectivity index (χ0) is 14.5. The summed E-state index contributed by atoms with van der Waals surface area (Å²) in [6.07, 6.45) is 3.40. The van der Waals surface area contributed by atoms with Crippen molar-refractivity contribution in [2.45, 2.75) is 25.8 Å². The lowest BCUT2D eigenvalue weighted by Gasteiger charge is -2.36. The van der Waals surface area contributed by atoms with Crippen LogP contribution in [0.4, 0.5) is 5.82 Å². The summed E-state index contributed by atoms with van der Waals surface area (Å²) in [5.41, 5.74) is 5.89. The summed E-state index contributed by atoms with van der Waals surface area (Å²) >= 11 is 6.14. The van der Waals surface area contributed by atoms with E-state index in [-0.39, 0.29) is 11.9 Å². The Kier molecular flexibility index (Phi) is 5.20. The number of piperazine rings is 1. The summed E-state index contributed by atoms with van der Waals surface area (Å²) in [7, 11) is 0. The Morgan fingerprint density at radius 3 is 2.75 bits per heavy atom. The summed E-state index contributed by atoms with van der Waals surface area (Å²) < 4.78 is 0. The van der Waals surface area contributed by atoms with Crippen molar-refractivity contribution < 1.29 is 4.79 Å². The van der Waals surface area contributed by atoms with Crippen molar-refractivity contribution in [3.05, 3.63) is 23.4 Å². The standard InChI is InChI=1S/C14H21ClN4O/c1-2-4-12(16)14(20)19-9-7-18(8-10-19)13-11(15)5-3-6-17-13/h3,5-6,12H,2,4,7-10,16H2,1H3. The molecule has 2 heterocycles. The van der Waals surface area contributed by atoms with E-state index < -0.39 is 0 Å². The van der Waals surface area contributed by atoms with Crippen molar-refractivity contribution in [1.29, 1.82) is 0 Å². The van der Waals surface area contributed by atoms with Crippen molar-refractivity contribution in [3.8, 4) is 0 Å². The first-order chi connectivity index (χ1) is 9.63. The van der Waals surface area contributed by atoms with E-state index in [2.05, 4.69) is 9.88 Å². The second-order valence-electron chi connectivity index (χ2n) is 5.02. The molecule has 1 aromatic rings. The number of nitrogens with two attached hydrogens (primary N) is 1. The van der Waals surface area contributed by atoms with E-state index in [1.807, 2.05) is 24.0 Å². The molecule has 1 aliphatic rings. The average molecular weight is 297 g/mol. The highest BCUT2D eigenvalue weighted by molar-refractivity contribution is 6.32. The number of halogens is 1. The van der Waals surface area contributed by atoms with E-state index in [0.29, 0.717) is 18.1 Å². The summed E-state index contributed by atoms with van der Waals surface area (Å²) in [5.74, 6) is 0.845. The van der Waals surface area contributed by atoms with Crippen molar-refractivity contribution >= 4 is 23.3 Å². The van der Waals surface area contributed by atoms with Crippen LogP contribution >= 0.6 is 11.6 Å². The van der Waals surface area contributed by atoms with E-state index in [0.717, 1.165) is 31.7 Å². The molecule has 110 valence electrons. The maximum Gasteiger partial charge on any atom is 0.239 e. The monoisotopic (exact) mass is 296 g/mol. The molecule has 5 nitrogen and oxygen atoms in total. The molecule has 1 saturated heterocycles. The molecule has 0 spiro atoms. The molecule has 0 bridgehead atoms. The second kappa shape index (κ2) is 6.90. The quantitative estimate of drug-likeness (QED) is 0.915. The minimum Gasteiger partial charge on any atom is -0.352 e. The van der Waals surface area contributed by atoms with Gasteiger partial charge in [-0.3, -0.25) is 4.79 Å². The number of hydrogen-bond acceptors (Lipinski definition) is 4. The van der Waals surface area contributed by atoms with Gasteiger partial charge in [0.15, 0.2) is 0 Å². The van der Waals surface area contributed by atoms with Crippen molar-refractivity contribution in [1.82, 2.24) is 9.88 Å². The number of hydrogen-bond donors (Lipinski definition) is 1. The summed E-state index contributed by atoms with van der Waals surface area (Å²) in [4.78, 5) is 20.4. The maximum atomic E-state index is 12.1. The normalized spacial score (nSPS) is 17.1. The van der Waals surface area contributed by atoms with Crippen LogP contribution in [0.5, 0.6) is 0 Å². The van der Waals surface area contributed by atoms with Crippen molar-refractivity contribution in [3.63, 3.8) is 0 Å². The lowest BCUT2D eigenvalue weighted by molar-refractivity contribution is -0.133. The Bertz CT molecular complexity index is 460. The van der Waals surface area contributed by atoms with Crippen LogP contribution in [0, 0.1) is 0 Å². The van der Waals surface area contributed by atoms with Gasteiger partial charge in [0.2, 0.25) is 5.91 Å². The molecule has 0 aliphatic carbocycles. The van der Waals surface area contributed by atoms with Crippen LogP contribution in [0.15, 0.2) is 18.3 Å². The van der Waals surface area contributed by atoms with Gasteiger partial charge in [-0.15, -0.1) is 0 Å². The third-order valence-corrected chi connectivity index (χ3v) is 3.84. The predicted octanol–water partition coefficient (Wildman–Crippen LogP) is 1.51. The maximum absolute atomic E-state index is 12.1. The molecule has 1 atom stereocenters. The predicted molar refractivity (Wildman–Crippen MR) is 80.9 cm³/mol. The number of carbonyl (C=O) groups excluding carboxylic acids is 1. The van der Waals surface area contributed by atoms with Crippen LogP contribution in [0.25, 0.3) is 0 Å². The van der Waals surface area contributed by atoms with Gasteiger partial charge in [-0.2, -0.15) is 0 Å². The van der Waals surface area contributed by atoms with Crippen molar-refractivity contribution in [2.75, 3.05) is 31.1 Å². The first kappa shape index (κ1) is 15.1. The Balaban J connectivity index is 1.93. The largest absolute Gasteiger partial charge is 0.352 e. The molecule has 2 N–H and O–H groups in total. The van der Waals surface area contributed by atoms with Crippen LogP contribution in [-0.2, 0) is 4.79 Å². The fraction of sp³-hybridized carbons (Fsp3) is 0.571. The van der Waals surface area contributed by atoms with Gasteiger partial charge < -0.3 is 15.5 Å². The molecular weight excluding hydrogens is 276 g/mol. The lowest BCUT2D eigenvalue weighted by atomic mass is 10.1. The van der Waals surface area contributed by atoms with E-state index in [9.17, 15) is 4.79 Å². The van der Waals surface area contributed by atoms with Crippen LogP contribution in [0.1, 0.15) is 19.8 Å². The molecule has 1 unspecified atom stereocenters. The molecule has 1 fully saturated rings. The number of aromatic nitrogens is 1. The van der Waals surface area contributed by atoms with Crippen LogP contribution in [-0.4, -0.2) is 48.0 Å². The van der Waals surface area contributed by atoms with Crippen LogP contribution in [0.2, 0.25) is 5.02 Å². The molecule has 1 amide bonds. The average Bonchev–Trinajstić information content (AvgIpc) is 2.47. The molecule has 1 aliphatic heterocycles. The highest BCUT2D eigenvalue weighted by atomic mass is 35.5. The minimum atomic E-state index is -0.370. The minimum absolute atomic E-state index is 0.0543.